The number of allylic oxidation sites excluding steroid dienone is 7. The minimum atomic E-state index is -4.39. The van der Waals surface area contributed by atoms with Crippen molar-refractivity contribution in [2.24, 2.45) is 0 Å². The largest absolute Gasteiger partial charge is 0.472 e. The molecule has 0 aromatic carbocycles. The Morgan fingerprint density at radius 2 is 1.27 bits per heavy atom. The predicted molar refractivity (Wildman–Crippen MR) is 224 cm³/mol. The van der Waals surface area contributed by atoms with Gasteiger partial charge in [-0.05, 0) is 70.6 Å². The molecule has 1 saturated heterocycles. The van der Waals surface area contributed by atoms with Crippen molar-refractivity contribution in [3.05, 3.63) is 48.6 Å². The Kier molecular flexibility index (Phi) is 30.5. The van der Waals surface area contributed by atoms with Gasteiger partial charge in [0.2, 0.25) is 0 Å². The first kappa shape index (κ1) is 50.9. The summed E-state index contributed by atoms with van der Waals surface area (Å²) in [6.07, 6.45) is 38.9. The molecule has 0 saturated carbocycles. The molecule has 318 valence electrons. The Morgan fingerprint density at radius 3 is 1.95 bits per heavy atom. The fourth-order valence-electron chi connectivity index (χ4n) is 5.80. The van der Waals surface area contributed by atoms with E-state index < -0.39 is 32.5 Å². The molecule has 11 heteroatoms. The Labute approximate surface area is 335 Å². The van der Waals surface area contributed by atoms with Crippen LogP contribution in [0.2, 0.25) is 0 Å². The molecule has 1 aliphatic rings. The second-order valence-corrected chi connectivity index (χ2v) is 17.2. The summed E-state index contributed by atoms with van der Waals surface area (Å²) in [6.45, 7) is 4.22. The molecule has 1 fully saturated rings. The molecular weight excluding hydrogens is 717 g/mol. The molecular formula is C44H79NO9P+. The molecule has 3 unspecified atom stereocenters. The molecule has 4 atom stereocenters. The van der Waals surface area contributed by atoms with E-state index in [4.69, 9.17) is 23.3 Å². The van der Waals surface area contributed by atoms with E-state index in [-0.39, 0.29) is 26.1 Å². The number of unbranched alkanes of at least 4 members (excludes halogenated alkanes) is 12. The van der Waals surface area contributed by atoms with E-state index in [2.05, 4.69) is 62.5 Å². The van der Waals surface area contributed by atoms with Crippen LogP contribution in [0.1, 0.15) is 155 Å². The number of rotatable bonds is 37. The van der Waals surface area contributed by atoms with Gasteiger partial charge in [0, 0.05) is 12.8 Å². The first-order valence-electron chi connectivity index (χ1n) is 21.5. The van der Waals surface area contributed by atoms with Gasteiger partial charge in [-0.25, -0.2) is 4.57 Å². The van der Waals surface area contributed by atoms with Crippen molar-refractivity contribution in [3.63, 3.8) is 0 Å². The fourth-order valence-corrected chi connectivity index (χ4v) is 6.54. The molecule has 1 aliphatic heterocycles. The van der Waals surface area contributed by atoms with Crippen molar-refractivity contribution >= 4 is 19.8 Å². The van der Waals surface area contributed by atoms with Gasteiger partial charge in [0.25, 0.3) is 0 Å². The zero-order chi connectivity index (χ0) is 40.5. The maximum atomic E-state index is 12.7. The number of quaternary nitrogens is 1. The number of phosphoric acid groups is 1. The third kappa shape index (κ3) is 33.8. The lowest BCUT2D eigenvalue weighted by Gasteiger charge is -2.24. The van der Waals surface area contributed by atoms with Gasteiger partial charge in [-0.2, -0.15) is 0 Å². The van der Waals surface area contributed by atoms with Crippen LogP contribution in [0.25, 0.3) is 0 Å². The van der Waals surface area contributed by atoms with Gasteiger partial charge in [-0.15, -0.1) is 0 Å². The molecule has 0 radical (unpaired) electrons. The molecule has 1 heterocycles. The standard InChI is InChI=1S/C44H78NO9P/c1-6-8-10-12-14-15-16-17-18-19-20-21-22-26-30-34-43(46)50-38-40(39-52-55(48,49)51-37-36-45(3,4)5)53-44(47)35-31-27-23-25-29-33-42-41(54-42)32-28-24-13-11-9-7-2/h8,10,14-15,17-18,24,28,40-42H,6-7,9,11-13,16,19-23,25-27,29-39H2,1-5H3/p+1/b10-8-,15-14-,18-17-,28-24-/t40-,41?,42?/m1/s1. The van der Waals surface area contributed by atoms with Crippen LogP contribution >= 0.6 is 7.82 Å². The number of nitrogens with zero attached hydrogens (tertiary/aromatic N) is 1. The second kappa shape index (κ2) is 33.0. The fraction of sp³-hybridized carbons (Fsp3) is 0.773. The van der Waals surface area contributed by atoms with E-state index in [1.54, 1.807) is 0 Å². The molecule has 0 aromatic rings. The van der Waals surface area contributed by atoms with E-state index in [1.165, 1.54) is 19.3 Å². The van der Waals surface area contributed by atoms with Gasteiger partial charge >= 0.3 is 19.8 Å². The number of carbonyl (C=O) groups is 2. The summed E-state index contributed by atoms with van der Waals surface area (Å²) in [5, 5.41) is 0. The summed E-state index contributed by atoms with van der Waals surface area (Å²) < 4.78 is 40.1. The molecule has 0 aliphatic carbocycles. The van der Waals surface area contributed by atoms with Gasteiger partial charge < -0.3 is 23.6 Å². The molecule has 0 bridgehead atoms. The number of epoxide rings is 1. The van der Waals surface area contributed by atoms with Gasteiger partial charge in [0.15, 0.2) is 6.10 Å². The van der Waals surface area contributed by atoms with Crippen molar-refractivity contribution < 1.29 is 46.8 Å². The van der Waals surface area contributed by atoms with Crippen molar-refractivity contribution in [2.75, 3.05) is 47.5 Å². The van der Waals surface area contributed by atoms with E-state index in [9.17, 15) is 19.0 Å². The average Bonchev–Trinajstić information content (AvgIpc) is 3.89. The van der Waals surface area contributed by atoms with Crippen LogP contribution in [0.15, 0.2) is 48.6 Å². The SMILES string of the molecule is CC/C=C\C/C=C\C/C=C\CCCCCCCC(=O)OC[C@H](COP(=O)(O)OCC[N+](C)(C)C)OC(=O)CCCCCCCC1OC1C/C=C\CCCCC. The lowest BCUT2D eigenvalue weighted by Crippen LogP contribution is -2.37. The summed E-state index contributed by atoms with van der Waals surface area (Å²) >= 11 is 0. The number of hydrogen-bond acceptors (Lipinski definition) is 8. The van der Waals surface area contributed by atoms with E-state index >= 15 is 0 Å². The normalized spacial score (nSPS) is 17.8. The third-order valence-electron chi connectivity index (χ3n) is 9.27. The highest BCUT2D eigenvalue weighted by molar-refractivity contribution is 7.47. The zero-order valence-electron chi connectivity index (χ0n) is 35.3. The lowest BCUT2D eigenvalue weighted by atomic mass is 10.1. The number of likely N-dealkylation sites (N-methyl/N-ethyl adjacent to an activating group) is 1. The molecule has 10 nitrogen and oxygen atoms in total. The highest BCUT2D eigenvalue weighted by Crippen LogP contribution is 2.43. The molecule has 0 amide bonds. The van der Waals surface area contributed by atoms with Crippen molar-refractivity contribution in [1.82, 2.24) is 0 Å². The molecule has 0 spiro atoms. The smallest absolute Gasteiger partial charge is 0.462 e. The molecule has 1 N–H and O–H groups in total. The maximum Gasteiger partial charge on any atom is 0.472 e. The summed E-state index contributed by atoms with van der Waals surface area (Å²) in [4.78, 5) is 35.4. The van der Waals surface area contributed by atoms with Crippen LogP contribution in [0, 0.1) is 0 Å². The topological polar surface area (TPSA) is 121 Å². The van der Waals surface area contributed by atoms with Crippen LogP contribution in [-0.2, 0) is 37.4 Å². The average molecular weight is 797 g/mol. The minimum absolute atomic E-state index is 0.0211. The van der Waals surface area contributed by atoms with Gasteiger partial charge in [-0.1, -0.05) is 120 Å². The van der Waals surface area contributed by atoms with Crippen LogP contribution in [0.3, 0.4) is 0 Å². The Balaban J connectivity index is 2.32. The van der Waals surface area contributed by atoms with Crippen LogP contribution in [0.5, 0.6) is 0 Å². The number of ether oxygens (including phenoxy) is 3. The third-order valence-corrected chi connectivity index (χ3v) is 10.3. The van der Waals surface area contributed by atoms with Crippen molar-refractivity contribution in [1.29, 1.82) is 0 Å². The van der Waals surface area contributed by atoms with Crippen molar-refractivity contribution in [3.8, 4) is 0 Å². The van der Waals surface area contributed by atoms with Gasteiger partial charge in [0.1, 0.15) is 19.8 Å². The predicted octanol–water partition coefficient (Wildman–Crippen LogP) is 10.9. The Bertz CT molecular complexity index is 1150. The number of phosphoric ester groups is 1. The highest BCUT2D eigenvalue weighted by atomic mass is 31.2. The molecule has 0 aromatic heterocycles. The highest BCUT2D eigenvalue weighted by Gasteiger charge is 2.36. The summed E-state index contributed by atoms with van der Waals surface area (Å²) in [5.41, 5.74) is 0. The van der Waals surface area contributed by atoms with E-state index in [1.807, 2.05) is 21.1 Å². The van der Waals surface area contributed by atoms with Crippen LogP contribution in [0.4, 0.5) is 0 Å². The van der Waals surface area contributed by atoms with Crippen LogP contribution < -0.4 is 0 Å². The number of carbonyl (C=O) groups excluding carboxylic acids is 2. The molecule has 55 heavy (non-hydrogen) atoms. The van der Waals surface area contributed by atoms with E-state index in [0.717, 1.165) is 96.3 Å². The Hall–Kier alpha value is -2.07. The van der Waals surface area contributed by atoms with E-state index in [0.29, 0.717) is 36.1 Å². The summed E-state index contributed by atoms with van der Waals surface area (Å²) in [7, 11) is 1.44. The van der Waals surface area contributed by atoms with Gasteiger partial charge in [0.05, 0.1) is 40.0 Å². The first-order valence-corrected chi connectivity index (χ1v) is 23.0. The monoisotopic (exact) mass is 797 g/mol. The number of esters is 2. The lowest BCUT2D eigenvalue weighted by molar-refractivity contribution is -0.870. The summed E-state index contributed by atoms with van der Waals surface area (Å²) in [5.74, 6) is -0.845. The minimum Gasteiger partial charge on any atom is -0.462 e. The first-order chi connectivity index (χ1) is 26.5. The molecule has 1 rings (SSSR count). The second-order valence-electron chi connectivity index (χ2n) is 15.7. The van der Waals surface area contributed by atoms with Crippen LogP contribution in [-0.4, -0.2) is 87.1 Å². The zero-order valence-corrected chi connectivity index (χ0v) is 36.2. The maximum absolute atomic E-state index is 12.7. The summed E-state index contributed by atoms with van der Waals surface area (Å²) in [6, 6.07) is 0. The van der Waals surface area contributed by atoms with Crippen molar-refractivity contribution in [2.45, 2.75) is 173 Å². The Morgan fingerprint density at radius 1 is 0.691 bits per heavy atom. The number of hydrogen-bond donors (Lipinski definition) is 1. The quantitative estimate of drug-likeness (QED) is 0.0163. The van der Waals surface area contributed by atoms with Gasteiger partial charge in [-0.3, -0.25) is 18.6 Å².